The van der Waals surface area contributed by atoms with Crippen LogP contribution in [-0.4, -0.2) is 55.1 Å². The van der Waals surface area contributed by atoms with Gasteiger partial charge in [-0.25, -0.2) is 4.68 Å². The number of piperidine rings is 1. The number of carbonyl (C=O) groups excluding carboxylic acids is 1. The molecule has 162 valence electrons. The molecule has 1 aliphatic carbocycles. The Balaban J connectivity index is 1.16. The predicted molar refractivity (Wildman–Crippen MR) is 112 cm³/mol. The maximum absolute atomic E-state index is 12.8. The predicted octanol–water partition coefficient (Wildman–Crippen LogP) is 3.49. The fraction of sp³-hybridized carbons (Fsp3) is 0.476. The van der Waals surface area contributed by atoms with Gasteiger partial charge in [0.1, 0.15) is 5.75 Å². The highest BCUT2D eigenvalue weighted by atomic mass is 35.5. The highest BCUT2D eigenvalue weighted by Gasteiger charge is 2.31. The van der Waals surface area contributed by atoms with Crippen molar-refractivity contribution >= 4 is 17.5 Å². The molecule has 1 amide bonds. The molecule has 1 aliphatic heterocycles. The monoisotopic (exact) mass is 442 g/mol. The molecule has 1 saturated carbocycles. The fourth-order valence-corrected chi connectivity index (χ4v) is 3.98. The van der Waals surface area contributed by atoms with Gasteiger partial charge in [0.05, 0.1) is 12.2 Å². The van der Waals surface area contributed by atoms with E-state index in [-0.39, 0.29) is 11.9 Å². The Morgan fingerprint density at radius 1 is 1.26 bits per heavy atom. The van der Waals surface area contributed by atoms with Gasteiger partial charge in [0.25, 0.3) is 11.8 Å². The maximum Gasteiger partial charge on any atom is 0.280 e. The van der Waals surface area contributed by atoms with Gasteiger partial charge in [-0.1, -0.05) is 28.0 Å². The van der Waals surface area contributed by atoms with Crippen LogP contribution >= 0.6 is 11.6 Å². The molecule has 0 N–H and O–H groups in total. The first-order valence-electron chi connectivity index (χ1n) is 10.5. The van der Waals surface area contributed by atoms with E-state index in [1.807, 2.05) is 15.8 Å². The van der Waals surface area contributed by atoms with Crippen LogP contribution < -0.4 is 4.74 Å². The molecule has 31 heavy (non-hydrogen) atoms. The van der Waals surface area contributed by atoms with Gasteiger partial charge in [-0.15, -0.1) is 5.10 Å². The van der Waals surface area contributed by atoms with Crippen molar-refractivity contribution in [1.29, 1.82) is 0 Å². The highest BCUT2D eigenvalue weighted by Crippen LogP contribution is 2.38. The van der Waals surface area contributed by atoms with E-state index in [1.54, 1.807) is 31.2 Å². The first-order chi connectivity index (χ1) is 15.1. The second-order valence-corrected chi connectivity index (χ2v) is 8.53. The van der Waals surface area contributed by atoms with Gasteiger partial charge in [0.15, 0.2) is 17.6 Å². The summed E-state index contributed by atoms with van der Waals surface area (Å²) in [7, 11) is 0. The van der Waals surface area contributed by atoms with Gasteiger partial charge in [-0.05, 0) is 50.8 Å². The molecular formula is C21H23ClN6O3. The van der Waals surface area contributed by atoms with Crippen molar-refractivity contribution in [1.82, 2.24) is 30.0 Å². The second-order valence-electron chi connectivity index (χ2n) is 8.09. The lowest BCUT2D eigenvalue weighted by molar-refractivity contribution is -0.139. The number of carbonyl (C=O) groups is 1. The van der Waals surface area contributed by atoms with Crippen molar-refractivity contribution in [2.75, 3.05) is 13.1 Å². The summed E-state index contributed by atoms with van der Waals surface area (Å²) < 4.78 is 12.9. The van der Waals surface area contributed by atoms with Crippen molar-refractivity contribution in [3.8, 4) is 17.3 Å². The SMILES string of the molecule is C[C@H](Oc1cccc(Cl)c1)C(=O)N1CCC(n2cc(-c3nc(C4CC4)no3)nn2)CC1. The van der Waals surface area contributed by atoms with Gasteiger partial charge in [0.2, 0.25) is 0 Å². The van der Waals surface area contributed by atoms with Crippen molar-refractivity contribution in [2.24, 2.45) is 0 Å². The van der Waals surface area contributed by atoms with Crippen LogP contribution in [-0.2, 0) is 4.79 Å². The van der Waals surface area contributed by atoms with Crippen molar-refractivity contribution in [2.45, 2.75) is 50.7 Å². The molecular weight excluding hydrogens is 420 g/mol. The van der Waals surface area contributed by atoms with E-state index in [0.717, 1.165) is 31.5 Å². The second kappa shape index (κ2) is 8.30. The van der Waals surface area contributed by atoms with E-state index >= 15 is 0 Å². The molecule has 2 fully saturated rings. The van der Waals surface area contributed by atoms with Gasteiger partial charge in [-0.3, -0.25) is 4.79 Å². The van der Waals surface area contributed by atoms with Crippen LogP contribution in [0.5, 0.6) is 5.75 Å². The van der Waals surface area contributed by atoms with Gasteiger partial charge < -0.3 is 14.2 Å². The largest absolute Gasteiger partial charge is 0.481 e. The molecule has 1 aromatic carbocycles. The third-order valence-corrected chi connectivity index (χ3v) is 5.96. The standard InChI is InChI=1S/C21H23ClN6O3/c1-13(30-17-4-2-3-15(22)11-17)21(29)27-9-7-16(8-10-27)28-12-18(24-26-28)20-23-19(25-31-20)14-5-6-14/h2-4,11-14,16H,5-10H2,1H3/t13-/m0/s1. The molecule has 2 aliphatic rings. The zero-order valence-corrected chi connectivity index (χ0v) is 17.9. The molecule has 10 heteroatoms. The molecule has 1 atom stereocenters. The number of aromatic nitrogens is 5. The molecule has 5 rings (SSSR count). The number of ether oxygens (including phenoxy) is 1. The van der Waals surface area contributed by atoms with Crippen LogP contribution in [0.2, 0.25) is 5.02 Å². The number of hydrogen-bond acceptors (Lipinski definition) is 7. The third-order valence-electron chi connectivity index (χ3n) is 5.72. The lowest BCUT2D eigenvalue weighted by Gasteiger charge is -2.33. The molecule has 3 aromatic rings. The third kappa shape index (κ3) is 4.41. The van der Waals surface area contributed by atoms with Crippen LogP contribution in [0.1, 0.15) is 50.4 Å². The number of hydrogen-bond donors (Lipinski definition) is 0. The van der Waals surface area contributed by atoms with Crippen LogP contribution in [0.25, 0.3) is 11.6 Å². The quantitative estimate of drug-likeness (QED) is 0.576. The van der Waals surface area contributed by atoms with Gasteiger partial charge >= 0.3 is 0 Å². The Labute approximate surface area is 184 Å². The molecule has 0 bridgehead atoms. The Morgan fingerprint density at radius 3 is 2.81 bits per heavy atom. The lowest BCUT2D eigenvalue weighted by Crippen LogP contribution is -2.45. The Bertz CT molecular complexity index is 1070. The number of likely N-dealkylation sites (tertiary alicyclic amines) is 1. The van der Waals surface area contributed by atoms with Crippen LogP contribution in [0.15, 0.2) is 35.0 Å². The van der Waals surface area contributed by atoms with E-state index in [9.17, 15) is 4.79 Å². The normalized spacial score (nSPS) is 18.2. The molecule has 9 nitrogen and oxygen atoms in total. The summed E-state index contributed by atoms with van der Waals surface area (Å²) in [4.78, 5) is 19.1. The summed E-state index contributed by atoms with van der Waals surface area (Å²) in [6, 6.07) is 7.23. The number of amides is 1. The van der Waals surface area contributed by atoms with Crippen LogP contribution in [0, 0.1) is 0 Å². The number of benzene rings is 1. The summed E-state index contributed by atoms with van der Waals surface area (Å²) in [5.41, 5.74) is 0.585. The van der Waals surface area contributed by atoms with Crippen molar-refractivity contribution in [3.63, 3.8) is 0 Å². The van der Waals surface area contributed by atoms with E-state index < -0.39 is 6.10 Å². The minimum atomic E-state index is -0.578. The minimum Gasteiger partial charge on any atom is -0.481 e. The molecule has 0 radical (unpaired) electrons. The molecule has 2 aromatic heterocycles. The highest BCUT2D eigenvalue weighted by molar-refractivity contribution is 6.30. The summed E-state index contributed by atoms with van der Waals surface area (Å²) in [5, 5.41) is 13.1. The number of nitrogens with zero attached hydrogens (tertiary/aromatic N) is 6. The fourth-order valence-electron chi connectivity index (χ4n) is 3.80. The summed E-state index contributed by atoms with van der Waals surface area (Å²) in [5.74, 6) is 2.15. The Morgan fingerprint density at radius 2 is 2.06 bits per heavy atom. The average Bonchev–Trinajstić information content (AvgIpc) is 3.30. The van der Waals surface area contributed by atoms with Gasteiger partial charge in [-0.2, -0.15) is 4.98 Å². The summed E-state index contributed by atoms with van der Waals surface area (Å²) in [6.45, 7) is 3.03. The lowest BCUT2D eigenvalue weighted by atomic mass is 10.0. The van der Waals surface area contributed by atoms with Crippen molar-refractivity contribution in [3.05, 3.63) is 41.3 Å². The first kappa shape index (κ1) is 20.0. The molecule has 1 saturated heterocycles. The number of halogens is 1. The van der Waals surface area contributed by atoms with E-state index in [1.165, 1.54) is 0 Å². The molecule has 0 spiro atoms. The zero-order chi connectivity index (χ0) is 21.4. The molecule has 0 unspecified atom stereocenters. The topological polar surface area (TPSA) is 99.2 Å². The molecule has 3 heterocycles. The summed E-state index contributed by atoms with van der Waals surface area (Å²) in [6.07, 6.45) is 5.07. The van der Waals surface area contributed by atoms with Crippen LogP contribution in [0.3, 0.4) is 0 Å². The van der Waals surface area contributed by atoms with E-state index in [0.29, 0.717) is 41.4 Å². The van der Waals surface area contributed by atoms with Crippen molar-refractivity contribution < 1.29 is 14.1 Å². The number of rotatable bonds is 6. The van der Waals surface area contributed by atoms with E-state index in [2.05, 4.69) is 20.5 Å². The maximum atomic E-state index is 12.8. The zero-order valence-electron chi connectivity index (χ0n) is 17.1. The van der Waals surface area contributed by atoms with Crippen LogP contribution in [0.4, 0.5) is 0 Å². The summed E-state index contributed by atoms with van der Waals surface area (Å²) >= 11 is 5.99. The average molecular weight is 443 g/mol. The smallest absolute Gasteiger partial charge is 0.280 e. The minimum absolute atomic E-state index is 0.0313. The Hall–Kier alpha value is -2.94. The Kier molecular flexibility index (Phi) is 5.35. The first-order valence-corrected chi connectivity index (χ1v) is 10.9. The van der Waals surface area contributed by atoms with E-state index in [4.69, 9.17) is 20.9 Å². The van der Waals surface area contributed by atoms with Gasteiger partial charge in [0, 0.05) is 24.0 Å².